The van der Waals surface area contributed by atoms with Gasteiger partial charge in [0.2, 0.25) is 0 Å². The highest BCUT2D eigenvalue weighted by Crippen LogP contribution is 2.59. The lowest BCUT2D eigenvalue weighted by Gasteiger charge is -2.58. The summed E-state index contributed by atoms with van der Waals surface area (Å²) in [6.45, 7) is 11.2. The number of rotatable bonds is 3. The molecule has 1 aromatic rings. The molecule has 3 heteroatoms. The minimum atomic E-state index is -0.0488. The Hall–Kier alpha value is -1.77. The van der Waals surface area contributed by atoms with E-state index in [1.165, 1.54) is 11.3 Å². The van der Waals surface area contributed by atoms with Crippen molar-refractivity contribution in [2.24, 2.45) is 5.41 Å². The van der Waals surface area contributed by atoms with Crippen LogP contribution in [0, 0.1) is 5.41 Å². The molecule has 0 N–H and O–H groups in total. The van der Waals surface area contributed by atoms with Gasteiger partial charge in [-0.15, -0.1) is 6.58 Å². The van der Waals surface area contributed by atoms with Crippen LogP contribution in [0.4, 0.5) is 5.69 Å². The number of allylic oxidation sites excluding steroid dienone is 1. The molecule has 0 bridgehead atoms. The SMILES string of the molecule is C=CC1(CC)c2cnccc2N2C=CN(C)C2C1(C)CC. The molecule has 21 heavy (non-hydrogen) atoms. The fraction of sp³-hybridized carbons (Fsp3) is 0.500. The first-order chi connectivity index (χ1) is 10.1. The number of hydrogen-bond acceptors (Lipinski definition) is 3. The molecule has 0 spiro atoms. The molecule has 2 aliphatic rings. The van der Waals surface area contributed by atoms with Crippen molar-refractivity contribution in [2.45, 2.75) is 45.2 Å². The first kappa shape index (κ1) is 14.2. The van der Waals surface area contributed by atoms with E-state index in [1.807, 2.05) is 12.4 Å². The second-order valence-electron chi connectivity index (χ2n) is 6.44. The molecule has 2 aliphatic heterocycles. The van der Waals surface area contributed by atoms with Crippen LogP contribution in [0.25, 0.3) is 0 Å². The summed E-state index contributed by atoms with van der Waals surface area (Å²) >= 11 is 0. The van der Waals surface area contributed by atoms with Gasteiger partial charge in [-0.1, -0.05) is 26.8 Å². The Labute approximate surface area is 128 Å². The number of anilines is 1. The highest BCUT2D eigenvalue weighted by atomic mass is 15.4. The molecule has 0 aromatic carbocycles. The summed E-state index contributed by atoms with van der Waals surface area (Å²) in [7, 11) is 2.17. The van der Waals surface area contributed by atoms with Crippen LogP contribution in [0.15, 0.2) is 43.5 Å². The zero-order valence-electron chi connectivity index (χ0n) is 13.5. The molecule has 3 atom stereocenters. The average molecular weight is 283 g/mol. The van der Waals surface area contributed by atoms with Crippen molar-refractivity contribution in [1.82, 2.24) is 9.88 Å². The first-order valence-corrected chi connectivity index (χ1v) is 7.82. The van der Waals surface area contributed by atoms with E-state index in [0.29, 0.717) is 6.17 Å². The van der Waals surface area contributed by atoms with Gasteiger partial charge < -0.3 is 9.80 Å². The van der Waals surface area contributed by atoms with Crippen LogP contribution >= 0.6 is 0 Å². The highest BCUT2D eigenvalue weighted by molar-refractivity contribution is 5.65. The number of aromatic nitrogens is 1. The highest BCUT2D eigenvalue weighted by Gasteiger charge is 2.58. The van der Waals surface area contributed by atoms with Crippen LogP contribution in [0.1, 0.15) is 39.2 Å². The lowest BCUT2D eigenvalue weighted by molar-refractivity contribution is 0.0564. The van der Waals surface area contributed by atoms with E-state index in [0.717, 1.165) is 12.8 Å². The normalized spacial score (nSPS) is 33.8. The molecule has 0 amide bonds. The maximum atomic E-state index is 4.41. The molecular weight excluding hydrogens is 258 g/mol. The second-order valence-corrected chi connectivity index (χ2v) is 6.44. The third-order valence-electron chi connectivity index (χ3n) is 5.90. The minimum absolute atomic E-state index is 0.0488. The third-order valence-corrected chi connectivity index (χ3v) is 5.90. The van der Waals surface area contributed by atoms with Gasteiger partial charge in [0, 0.05) is 53.9 Å². The Bertz CT molecular complexity index is 594. The van der Waals surface area contributed by atoms with Gasteiger partial charge in [0.15, 0.2) is 0 Å². The van der Waals surface area contributed by atoms with E-state index in [9.17, 15) is 0 Å². The minimum Gasteiger partial charge on any atom is -0.358 e. The van der Waals surface area contributed by atoms with E-state index < -0.39 is 0 Å². The lowest BCUT2D eigenvalue weighted by atomic mass is 9.54. The Morgan fingerprint density at radius 2 is 2.10 bits per heavy atom. The molecular formula is C18H25N3. The monoisotopic (exact) mass is 283 g/mol. The van der Waals surface area contributed by atoms with Gasteiger partial charge in [-0.3, -0.25) is 4.98 Å². The summed E-state index contributed by atoms with van der Waals surface area (Å²) in [5.74, 6) is 0. The molecule has 3 unspecified atom stereocenters. The van der Waals surface area contributed by atoms with Crippen LogP contribution in [0.2, 0.25) is 0 Å². The Kier molecular flexibility index (Phi) is 3.12. The van der Waals surface area contributed by atoms with Crippen molar-refractivity contribution < 1.29 is 0 Å². The zero-order valence-corrected chi connectivity index (χ0v) is 13.5. The van der Waals surface area contributed by atoms with Crippen molar-refractivity contribution in [3.63, 3.8) is 0 Å². The standard InChI is InChI=1S/C18H25N3/c1-6-17(4)16-20(5)11-12-21(16)15-9-10-19-13-14(15)18(17,7-2)8-3/h7,9-13,16H,2,6,8H2,1,3-5H3. The summed E-state index contributed by atoms with van der Waals surface area (Å²) in [5.41, 5.74) is 2.61. The number of pyridine rings is 1. The van der Waals surface area contributed by atoms with E-state index in [4.69, 9.17) is 0 Å². The summed E-state index contributed by atoms with van der Waals surface area (Å²) in [6.07, 6.45) is 12.9. The molecule has 0 radical (unpaired) electrons. The average Bonchev–Trinajstić information content (AvgIpc) is 2.91. The van der Waals surface area contributed by atoms with E-state index in [2.05, 4.69) is 73.7 Å². The predicted octanol–water partition coefficient (Wildman–Crippen LogP) is 3.89. The maximum absolute atomic E-state index is 4.41. The largest absolute Gasteiger partial charge is 0.358 e. The summed E-state index contributed by atoms with van der Waals surface area (Å²) in [6, 6.07) is 2.13. The summed E-state index contributed by atoms with van der Waals surface area (Å²) in [4.78, 5) is 9.14. The van der Waals surface area contributed by atoms with Gasteiger partial charge >= 0.3 is 0 Å². The fourth-order valence-corrected chi connectivity index (χ4v) is 4.58. The fourth-order valence-electron chi connectivity index (χ4n) is 4.58. The molecule has 0 aliphatic carbocycles. The molecule has 3 rings (SSSR count). The molecule has 1 aromatic heterocycles. The first-order valence-electron chi connectivity index (χ1n) is 7.82. The number of hydrogen-bond donors (Lipinski definition) is 0. The quantitative estimate of drug-likeness (QED) is 0.784. The van der Waals surface area contributed by atoms with Crippen molar-refractivity contribution in [2.75, 3.05) is 11.9 Å². The molecule has 112 valence electrons. The van der Waals surface area contributed by atoms with Crippen molar-refractivity contribution in [3.8, 4) is 0 Å². The van der Waals surface area contributed by atoms with E-state index >= 15 is 0 Å². The number of nitrogens with zero attached hydrogens (tertiary/aromatic N) is 3. The Morgan fingerprint density at radius 3 is 2.71 bits per heavy atom. The van der Waals surface area contributed by atoms with Gasteiger partial charge in [-0.05, 0) is 18.9 Å². The van der Waals surface area contributed by atoms with Crippen LogP contribution in [-0.4, -0.2) is 23.1 Å². The lowest BCUT2D eigenvalue weighted by Crippen LogP contribution is -2.61. The van der Waals surface area contributed by atoms with Gasteiger partial charge in [-0.25, -0.2) is 0 Å². The zero-order chi connectivity index (χ0) is 15.3. The van der Waals surface area contributed by atoms with Crippen molar-refractivity contribution >= 4 is 5.69 Å². The summed E-state index contributed by atoms with van der Waals surface area (Å²) < 4.78 is 0. The number of fused-ring (bicyclic) bond motifs is 3. The third kappa shape index (κ3) is 1.52. The van der Waals surface area contributed by atoms with Crippen molar-refractivity contribution in [1.29, 1.82) is 0 Å². The van der Waals surface area contributed by atoms with E-state index in [-0.39, 0.29) is 10.8 Å². The Balaban J connectivity index is 2.34. The summed E-state index contributed by atoms with van der Waals surface area (Å²) in [5, 5.41) is 0. The topological polar surface area (TPSA) is 19.4 Å². The second kappa shape index (κ2) is 4.62. The van der Waals surface area contributed by atoms with E-state index in [1.54, 1.807) is 0 Å². The van der Waals surface area contributed by atoms with Gasteiger partial charge in [0.05, 0.1) is 0 Å². The molecule has 0 saturated carbocycles. The van der Waals surface area contributed by atoms with Crippen LogP contribution in [-0.2, 0) is 5.41 Å². The van der Waals surface area contributed by atoms with Gasteiger partial charge in [0.25, 0.3) is 0 Å². The molecule has 3 nitrogen and oxygen atoms in total. The molecule has 3 heterocycles. The predicted molar refractivity (Wildman–Crippen MR) is 88.0 cm³/mol. The van der Waals surface area contributed by atoms with Crippen molar-refractivity contribution in [3.05, 3.63) is 49.1 Å². The van der Waals surface area contributed by atoms with Crippen LogP contribution in [0.3, 0.4) is 0 Å². The van der Waals surface area contributed by atoms with Crippen LogP contribution < -0.4 is 4.90 Å². The van der Waals surface area contributed by atoms with Crippen LogP contribution in [0.5, 0.6) is 0 Å². The van der Waals surface area contributed by atoms with Gasteiger partial charge in [-0.2, -0.15) is 0 Å². The molecule has 0 fully saturated rings. The van der Waals surface area contributed by atoms with Gasteiger partial charge in [0.1, 0.15) is 6.17 Å². The maximum Gasteiger partial charge on any atom is 0.112 e. The molecule has 0 saturated heterocycles. The Morgan fingerprint density at radius 1 is 1.33 bits per heavy atom. The smallest absolute Gasteiger partial charge is 0.112 e.